The lowest BCUT2D eigenvalue weighted by Gasteiger charge is -2.16. The van der Waals surface area contributed by atoms with Gasteiger partial charge in [-0.15, -0.1) is 5.10 Å². The molecule has 1 amide bonds. The molecule has 1 aromatic heterocycles. The van der Waals surface area contributed by atoms with E-state index in [0.29, 0.717) is 12.2 Å². The summed E-state index contributed by atoms with van der Waals surface area (Å²) in [6, 6.07) is 1.93. The molecule has 0 spiro atoms. The number of amides is 1. The minimum absolute atomic E-state index is 0.161. The number of carbonyl (C=O) groups excluding carboxylic acids is 1. The van der Waals surface area contributed by atoms with E-state index in [1.165, 1.54) is 4.81 Å². The van der Waals surface area contributed by atoms with Crippen LogP contribution in [0, 0.1) is 5.41 Å². The van der Waals surface area contributed by atoms with Crippen LogP contribution in [0.4, 0.5) is 0 Å². The summed E-state index contributed by atoms with van der Waals surface area (Å²) < 4.78 is 0. The van der Waals surface area contributed by atoms with Crippen molar-refractivity contribution in [1.82, 2.24) is 15.0 Å². The van der Waals surface area contributed by atoms with Crippen molar-refractivity contribution in [3.8, 4) is 0 Å². The fraction of sp³-hybridized carbons (Fsp3) is 0.545. The monoisotopic (exact) mass is 215 g/mol. The van der Waals surface area contributed by atoms with Crippen LogP contribution in [0.5, 0.6) is 0 Å². The standard InChI is InChI=1S/C11H14BN3O/c1-11(2,3)5-8-4-7-6-15(12)10(16)9(7)14-13-8/h4H,5-6H2,1-3H3. The van der Waals surface area contributed by atoms with Gasteiger partial charge >= 0.3 is 0 Å². The normalized spacial score (nSPS) is 15.4. The largest absolute Gasteiger partial charge is 0.387 e. The molecule has 0 aliphatic carbocycles. The first-order chi connectivity index (χ1) is 7.37. The zero-order valence-electron chi connectivity index (χ0n) is 9.82. The zero-order chi connectivity index (χ0) is 11.9. The number of aromatic nitrogens is 2. The van der Waals surface area contributed by atoms with E-state index in [4.69, 9.17) is 7.98 Å². The van der Waals surface area contributed by atoms with Gasteiger partial charge in [-0.2, -0.15) is 5.10 Å². The molecule has 1 aliphatic heterocycles. The lowest BCUT2D eigenvalue weighted by Crippen LogP contribution is -2.20. The third kappa shape index (κ3) is 2.08. The van der Waals surface area contributed by atoms with E-state index in [2.05, 4.69) is 31.0 Å². The molecule has 5 heteroatoms. The van der Waals surface area contributed by atoms with E-state index < -0.39 is 0 Å². The van der Waals surface area contributed by atoms with Crippen molar-refractivity contribution < 1.29 is 4.79 Å². The molecule has 82 valence electrons. The van der Waals surface area contributed by atoms with Crippen molar-refractivity contribution in [2.45, 2.75) is 33.7 Å². The molecule has 0 bridgehead atoms. The smallest absolute Gasteiger partial charge is 0.262 e. The first-order valence-electron chi connectivity index (χ1n) is 5.29. The Kier molecular flexibility index (Phi) is 2.48. The van der Waals surface area contributed by atoms with Crippen LogP contribution in [0.15, 0.2) is 6.07 Å². The van der Waals surface area contributed by atoms with Gasteiger partial charge in [0.25, 0.3) is 5.91 Å². The Morgan fingerprint density at radius 1 is 1.44 bits per heavy atom. The first kappa shape index (κ1) is 11.1. The summed E-state index contributed by atoms with van der Waals surface area (Å²) in [6.45, 7) is 6.85. The minimum Gasteiger partial charge on any atom is -0.387 e. The number of hydrogen-bond donors (Lipinski definition) is 0. The maximum absolute atomic E-state index is 11.5. The van der Waals surface area contributed by atoms with Crippen molar-refractivity contribution in [1.29, 1.82) is 0 Å². The molecule has 0 atom stereocenters. The van der Waals surface area contributed by atoms with Crippen molar-refractivity contribution in [3.63, 3.8) is 0 Å². The predicted molar refractivity (Wildman–Crippen MR) is 60.8 cm³/mol. The number of rotatable bonds is 1. The van der Waals surface area contributed by atoms with Crippen LogP contribution < -0.4 is 0 Å². The van der Waals surface area contributed by atoms with Crippen LogP contribution in [0.1, 0.15) is 42.5 Å². The highest BCUT2D eigenvalue weighted by Gasteiger charge is 2.26. The minimum atomic E-state index is -0.246. The van der Waals surface area contributed by atoms with E-state index in [0.717, 1.165) is 17.7 Å². The Morgan fingerprint density at radius 3 is 2.75 bits per heavy atom. The lowest BCUT2D eigenvalue weighted by atomic mass is 9.90. The van der Waals surface area contributed by atoms with Crippen LogP contribution in [-0.2, 0) is 13.0 Å². The van der Waals surface area contributed by atoms with Gasteiger partial charge in [0, 0.05) is 12.1 Å². The Hall–Kier alpha value is -1.39. The Balaban J connectivity index is 2.29. The summed E-state index contributed by atoms with van der Waals surface area (Å²) in [4.78, 5) is 12.7. The molecular formula is C11H14BN3O. The lowest BCUT2D eigenvalue weighted by molar-refractivity contribution is 0.0875. The van der Waals surface area contributed by atoms with Crippen LogP contribution in [0.2, 0.25) is 0 Å². The predicted octanol–water partition coefficient (Wildman–Crippen LogP) is 1.10. The SMILES string of the molecule is [B]N1Cc2cc(CC(C)(C)C)nnc2C1=O. The second-order valence-electron chi connectivity index (χ2n) is 5.38. The topological polar surface area (TPSA) is 46.1 Å². The van der Waals surface area contributed by atoms with E-state index in [1.54, 1.807) is 0 Å². The van der Waals surface area contributed by atoms with E-state index in [1.807, 2.05) is 6.07 Å². The summed E-state index contributed by atoms with van der Waals surface area (Å²) in [6.07, 6.45) is 0.839. The number of fused-ring (bicyclic) bond motifs is 1. The van der Waals surface area contributed by atoms with E-state index in [9.17, 15) is 4.79 Å². The molecule has 0 saturated heterocycles. The van der Waals surface area contributed by atoms with Crippen molar-refractivity contribution in [2.75, 3.05) is 0 Å². The Morgan fingerprint density at radius 2 is 2.12 bits per heavy atom. The van der Waals surface area contributed by atoms with Gasteiger partial charge in [-0.1, -0.05) is 20.8 Å². The van der Waals surface area contributed by atoms with Gasteiger partial charge in [-0.25, -0.2) is 0 Å². The van der Waals surface area contributed by atoms with E-state index in [-0.39, 0.29) is 11.3 Å². The summed E-state index contributed by atoms with van der Waals surface area (Å²) >= 11 is 0. The maximum atomic E-state index is 11.5. The van der Waals surface area contributed by atoms with Crippen LogP contribution in [0.3, 0.4) is 0 Å². The molecule has 0 aromatic carbocycles. The zero-order valence-corrected chi connectivity index (χ0v) is 9.82. The van der Waals surface area contributed by atoms with Gasteiger partial charge in [0.2, 0.25) is 7.98 Å². The molecule has 2 radical (unpaired) electrons. The Labute approximate surface area is 96.5 Å². The highest BCUT2D eigenvalue weighted by molar-refractivity contribution is 6.19. The summed E-state index contributed by atoms with van der Waals surface area (Å²) in [7, 11) is 5.52. The van der Waals surface area contributed by atoms with Gasteiger partial charge in [0.15, 0.2) is 5.69 Å². The van der Waals surface area contributed by atoms with Gasteiger partial charge < -0.3 is 4.81 Å². The molecule has 0 fully saturated rings. The molecule has 1 aliphatic rings. The highest BCUT2D eigenvalue weighted by Crippen LogP contribution is 2.23. The molecule has 2 rings (SSSR count). The highest BCUT2D eigenvalue weighted by atomic mass is 16.2. The third-order valence-corrected chi connectivity index (χ3v) is 2.44. The van der Waals surface area contributed by atoms with Crippen LogP contribution in [-0.4, -0.2) is 28.9 Å². The van der Waals surface area contributed by atoms with Gasteiger partial charge in [-0.3, -0.25) is 4.79 Å². The maximum Gasteiger partial charge on any atom is 0.262 e. The fourth-order valence-electron chi connectivity index (χ4n) is 1.80. The van der Waals surface area contributed by atoms with E-state index >= 15 is 0 Å². The average Bonchev–Trinajstić information content (AvgIpc) is 2.40. The molecule has 0 saturated carbocycles. The molecule has 0 N–H and O–H groups in total. The summed E-state index contributed by atoms with van der Waals surface area (Å²) in [5.41, 5.74) is 2.34. The first-order valence-corrected chi connectivity index (χ1v) is 5.29. The van der Waals surface area contributed by atoms with Crippen molar-refractivity contribution in [3.05, 3.63) is 23.0 Å². The third-order valence-electron chi connectivity index (χ3n) is 2.44. The van der Waals surface area contributed by atoms with Gasteiger partial charge in [-0.05, 0) is 17.9 Å². The molecule has 16 heavy (non-hydrogen) atoms. The Bertz CT molecular complexity index is 439. The van der Waals surface area contributed by atoms with Crippen molar-refractivity contribution in [2.24, 2.45) is 5.41 Å². The average molecular weight is 215 g/mol. The number of hydrogen-bond acceptors (Lipinski definition) is 3. The molecule has 4 nitrogen and oxygen atoms in total. The van der Waals surface area contributed by atoms with Gasteiger partial charge in [0.05, 0.1) is 5.69 Å². The number of nitrogens with zero attached hydrogens (tertiary/aromatic N) is 3. The molecule has 1 aromatic rings. The quantitative estimate of drug-likeness (QED) is 0.659. The molecule has 0 unspecified atom stereocenters. The summed E-state index contributed by atoms with van der Waals surface area (Å²) in [5.74, 6) is -0.246. The second-order valence-corrected chi connectivity index (χ2v) is 5.38. The van der Waals surface area contributed by atoms with Crippen LogP contribution >= 0.6 is 0 Å². The summed E-state index contributed by atoms with van der Waals surface area (Å²) in [5, 5.41) is 8.02. The van der Waals surface area contributed by atoms with Crippen LogP contribution in [0.25, 0.3) is 0 Å². The van der Waals surface area contributed by atoms with Crippen molar-refractivity contribution >= 4 is 13.9 Å². The van der Waals surface area contributed by atoms with Gasteiger partial charge in [0.1, 0.15) is 0 Å². The fourth-order valence-corrected chi connectivity index (χ4v) is 1.80. The molecular weight excluding hydrogens is 201 g/mol. The second kappa shape index (κ2) is 3.58. The number of carbonyl (C=O) groups is 1. The molecule has 2 heterocycles.